The monoisotopic (exact) mass is 1620 g/mol. The third kappa shape index (κ3) is 28.1. The number of imidazole rings is 4. The Morgan fingerprint density at radius 3 is 1.31 bits per heavy atom. The van der Waals surface area contributed by atoms with Gasteiger partial charge in [-0.1, -0.05) is 51.8 Å². The number of allylic oxidation sites excluding steroid dienone is 2. The molecule has 4 aromatic rings. The summed E-state index contributed by atoms with van der Waals surface area (Å²) in [6.07, 6.45) is 26.5. The fourth-order valence-electron chi connectivity index (χ4n) is 15.6. The van der Waals surface area contributed by atoms with Gasteiger partial charge in [0.25, 0.3) is 0 Å². The minimum absolute atomic E-state index is 0.00803. The molecule has 6 aliphatic rings. The number of nitrogens with one attached hydrogen (secondary N) is 2. The predicted molar refractivity (Wildman–Crippen MR) is 407 cm³/mol. The number of alkyl carbamates (subject to hydrolysis) is 1. The number of nitrogens with zero attached hydrogens (tertiary/aromatic N) is 8. The molecule has 4 aromatic heterocycles. The zero-order valence-electron chi connectivity index (χ0n) is 67.6. The van der Waals surface area contributed by atoms with E-state index < -0.39 is 47.3 Å². The van der Waals surface area contributed by atoms with Crippen molar-refractivity contribution in [1.29, 1.82) is 0 Å². The molecule has 0 radical (unpaired) electrons. The Morgan fingerprint density at radius 2 is 0.939 bits per heavy atom. The molecule has 10 rings (SSSR count). The number of carbonyl (C=O) groups excluding carboxylic acids is 8. The Balaban J connectivity index is 0.000000223. The number of aliphatic hydroxyl groups excluding tert-OH is 1. The van der Waals surface area contributed by atoms with Crippen molar-refractivity contribution < 1.29 is 124 Å². The van der Waals surface area contributed by atoms with Gasteiger partial charge in [0.15, 0.2) is 0 Å². The fourth-order valence-corrected chi connectivity index (χ4v) is 15.6. The molecule has 36 nitrogen and oxygen atoms in total. The number of hydrogen-bond donors (Lipinski definition) is 3. The first-order valence-electron chi connectivity index (χ1n) is 39.6. The maximum Gasteiger partial charge on any atom is 0.419 e. The maximum absolute atomic E-state index is 12.1. The van der Waals surface area contributed by atoms with Gasteiger partial charge >= 0.3 is 48.4 Å². The first-order valence-corrected chi connectivity index (χ1v) is 39.6. The summed E-state index contributed by atoms with van der Waals surface area (Å²) in [7, 11) is 1.45. The summed E-state index contributed by atoms with van der Waals surface area (Å²) in [6, 6.07) is 0.530. The lowest BCUT2D eigenvalue weighted by atomic mass is 9.56. The van der Waals surface area contributed by atoms with E-state index in [1.54, 1.807) is 30.6 Å². The van der Waals surface area contributed by atoms with E-state index in [4.69, 9.17) is 80.5 Å². The highest BCUT2D eigenvalue weighted by molar-refractivity contribution is 5.72. The molecule has 4 aliphatic carbocycles. The standard InChI is InChI=1S/C29H36N8O12.C27H41NO2.C23H41NO12/c38-25(34-5-1-30-21-34)46-13-9-42-17-29(18-43-10-14-47-26(39)35-6-2-31-22-35,19-44-11-15-48-27(40)36-7-3-32-23-36)20-45-12-16-49-28(41)37-8-4-33-24-37;1-15-11-24-25(28-14-15)17(3)27(30-24)10-8-20-21-6-5-18-12-19(29)7-9-26(18,4)23(21)13-22(20)16(27)2;1-5-20(26)34-12-8-30-16-23(15-29-7-11-33-19(3)25,17-31-9-13-35-21(27)6-2)18-32-10-14-36-22(28)24-4/h1-8,21-24H,9-20H2;5,15,17,19-21,23-25,28-29H,6-14H2,1-4H3;5-18H2,1-4H3,(H,24,28)/t;15-,17+,19-,20-,21-,23-,24+,25-,26-,27-;/m.0./s1. The van der Waals surface area contributed by atoms with E-state index in [2.05, 4.69) is 64.3 Å². The minimum atomic E-state index is -0.967. The van der Waals surface area contributed by atoms with Crippen molar-refractivity contribution in [3.8, 4) is 0 Å². The highest BCUT2D eigenvalue weighted by Gasteiger charge is 2.61. The van der Waals surface area contributed by atoms with Crippen LogP contribution in [0.15, 0.2) is 97.7 Å². The van der Waals surface area contributed by atoms with Gasteiger partial charge in [0, 0.05) is 88.3 Å². The number of aromatic nitrogens is 8. The number of amides is 1. The van der Waals surface area contributed by atoms with Crippen LogP contribution >= 0.6 is 0 Å². The molecular weight excluding hydrogens is 1500 g/mol. The Bertz CT molecular complexity index is 3360. The van der Waals surface area contributed by atoms with E-state index in [1.165, 1.54) is 146 Å². The molecule has 6 heterocycles. The number of fused-ring (bicyclic) bond motifs is 6. The van der Waals surface area contributed by atoms with Crippen molar-refractivity contribution in [3.63, 3.8) is 0 Å². The summed E-state index contributed by atoms with van der Waals surface area (Å²) < 4.78 is 98.8. The molecule has 10 atom stereocenters. The molecule has 640 valence electrons. The molecule has 2 saturated carbocycles. The number of aliphatic hydroxyl groups is 1. The van der Waals surface area contributed by atoms with E-state index in [1.807, 2.05) is 0 Å². The Morgan fingerprint density at radius 1 is 0.548 bits per heavy atom. The molecule has 2 aliphatic heterocycles. The normalized spacial score (nSPS) is 22.6. The lowest BCUT2D eigenvalue weighted by molar-refractivity contribution is -0.149. The summed E-state index contributed by atoms with van der Waals surface area (Å²) in [5.74, 6) is 2.57. The zero-order chi connectivity index (χ0) is 82.5. The van der Waals surface area contributed by atoms with Gasteiger partial charge in [0.1, 0.15) is 78.2 Å². The van der Waals surface area contributed by atoms with Crippen LogP contribution in [0.3, 0.4) is 0 Å². The van der Waals surface area contributed by atoms with Crippen LogP contribution in [-0.2, 0) is 94.9 Å². The lowest BCUT2D eigenvalue weighted by Gasteiger charge is -2.49. The SMILES string of the molecule is CC1=C2C[C@H]3[C@@H](CC=C4C[C@@H](O)CC[C@@]43C)[C@@H]2CC[C@]12O[C@@H]1C[C@H](C)CN[C@H]1[C@H]2C.CCC(=O)OCCOCC(COCCOC(C)=O)(COCCOC(=O)CC)COCCOC(=O)NC.O=C(OCCOCC(COCCOC(=O)n1ccnc1)(COCCOC(=O)n1ccnc1)COCCOC(=O)n1ccnc1)n1ccnc1. The van der Waals surface area contributed by atoms with Crippen LogP contribution in [-0.4, -0.2) is 288 Å². The summed E-state index contributed by atoms with van der Waals surface area (Å²) in [5, 5.41) is 16.5. The number of hydrogen-bond acceptors (Lipinski definition) is 31. The second-order valence-electron chi connectivity index (χ2n) is 29.8. The molecule has 4 fully saturated rings. The average molecular weight is 1620 g/mol. The summed E-state index contributed by atoms with van der Waals surface area (Å²) in [6.45, 7) is 16.8. The van der Waals surface area contributed by atoms with Crippen LogP contribution < -0.4 is 10.6 Å². The first kappa shape index (κ1) is 92.0. The number of piperidine rings is 1. The van der Waals surface area contributed by atoms with Crippen molar-refractivity contribution in [2.75, 3.05) is 172 Å². The molecule has 2 saturated heterocycles. The van der Waals surface area contributed by atoms with Crippen LogP contribution in [0.2, 0.25) is 0 Å². The number of rotatable bonds is 42. The quantitative estimate of drug-likeness (QED) is 0.0168. The van der Waals surface area contributed by atoms with E-state index in [9.17, 15) is 43.5 Å². The molecule has 1 spiro atoms. The second kappa shape index (κ2) is 47.6. The van der Waals surface area contributed by atoms with Crippen LogP contribution in [0.5, 0.6) is 0 Å². The van der Waals surface area contributed by atoms with Crippen molar-refractivity contribution in [2.45, 2.75) is 137 Å². The van der Waals surface area contributed by atoms with E-state index in [-0.39, 0.29) is 195 Å². The number of carbonyl (C=O) groups is 8. The van der Waals surface area contributed by atoms with Crippen LogP contribution in [0.25, 0.3) is 0 Å². The smallest absolute Gasteiger partial charge is 0.419 e. The number of esters is 3. The molecule has 36 heteroatoms. The second-order valence-corrected chi connectivity index (χ2v) is 29.8. The van der Waals surface area contributed by atoms with E-state index in [0.717, 1.165) is 43.1 Å². The van der Waals surface area contributed by atoms with Crippen molar-refractivity contribution in [3.05, 3.63) is 97.7 Å². The fraction of sp³-hybridized carbons (Fsp3) is 0.696. The van der Waals surface area contributed by atoms with Crippen LogP contribution in [0, 0.1) is 45.8 Å². The summed E-state index contributed by atoms with van der Waals surface area (Å²) in [5.41, 5.74) is 3.47. The van der Waals surface area contributed by atoms with Gasteiger partial charge in [-0.25, -0.2) is 62.2 Å². The van der Waals surface area contributed by atoms with Crippen LogP contribution in [0.4, 0.5) is 24.0 Å². The lowest BCUT2D eigenvalue weighted by Crippen LogP contribution is -2.49. The van der Waals surface area contributed by atoms with Gasteiger partial charge in [0.2, 0.25) is 0 Å². The zero-order valence-corrected chi connectivity index (χ0v) is 67.6. The topological polar surface area (TPSA) is 409 Å². The van der Waals surface area contributed by atoms with Gasteiger partial charge in [-0.3, -0.25) is 14.4 Å². The minimum Gasteiger partial charge on any atom is -0.463 e. The largest absolute Gasteiger partial charge is 0.463 e. The van der Waals surface area contributed by atoms with Crippen molar-refractivity contribution >= 4 is 48.4 Å². The average Bonchev–Trinajstić information content (AvgIpc) is 1.55. The highest BCUT2D eigenvalue weighted by atomic mass is 16.6. The van der Waals surface area contributed by atoms with Gasteiger partial charge in [-0.05, 0) is 99.5 Å². The third-order valence-corrected chi connectivity index (χ3v) is 21.6. The molecule has 0 aromatic carbocycles. The Labute approximate surface area is 670 Å². The van der Waals surface area contributed by atoms with Crippen LogP contribution in [0.1, 0.15) is 113 Å². The van der Waals surface area contributed by atoms with Gasteiger partial charge < -0.3 is 96.3 Å². The first-order chi connectivity index (χ1) is 55.6. The van der Waals surface area contributed by atoms with Gasteiger partial charge in [-0.15, -0.1) is 0 Å². The summed E-state index contributed by atoms with van der Waals surface area (Å²) >= 11 is 0. The molecular formula is C79H118N10O26. The number of ether oxygens (including phenoxy) is 17. The molecule has 0 bridgehead atoms. The van der Waals surface area contributed by atoms with Crippen molar-refractivity contribution in [2.24, 2.45) is 45.8 Å². The van der Waals surface area contributed by atoms with E-state index >= 15 is 0 Å². The molecule has 3 N–H and O–H groups in total. The van der Waals surface area contributed by atoms with Crippen molar-refractivity contribution in [1.82, 2.24) is 48.8 Å². The molecule has 115 heavy (non-hydrogen) atoms. The predicted octanol–water partition coefficient (Wildman–Crippen LogP) is 7.43. The highest BCUT2D eigenvalue weighted by Crippen LogP contribution is 2.65. The van der Waals surface area contributed by atoms with Gasteiger partial charge in [-0.2, -0.15) is 0 Å². The molecule has 0 unspecified atom stereocenters. The van der Waals surface area contributed by atoms with Gasteiger partial charge in [0.05, 0.1) is 134 Å². The Hall–Kier alpha value is -8.56. The summed E-state index contributed by atoms with van der Waals surface area (Å²) in [4.78, 5) is 108. The van der Waals surface area contributed by atoms with E-state index in [0.29, 0.717) is 23.5 Å². The molecule has 1 amide bonds. The maximum atomic E-state index is 12.1. The Kier molecular flexibility index (Phi) is 38.1. The third-order valence-electron chi connectivity index (χ3n) is 21.6.